The molecule has 3 aromatic rings. The summed E-state index contributed by atoms with van der Waals surface area (Å²) in [7, 11) is 0. The van der Waals surface area contributed by atoms with E-state index in [4.69, 9.17) is 50.5 Å². The number of carbonyl (C=O) groups is 1. The number of nitrogens with zero attached hydrogens (tertiary/aromatic N) is 4. The fraction of sp³-hybridized carbons (Fsp3) is 0.500. The Hall–Kier alpha value is -2.29. The average Bonchev–Trinajstić information content (AvgIpc) is 3.44. The Morgan fingerprint density at radius 1 is 1.09 bits per heavy atom. The van der Waals surface area contributed by atoms with E-state index >= 15 is 0 Å². The Labute approximate surface area is 218 Å². The summed E-state index contributed by atoms with van der Waals surface area (Å²) < 4.78 is 2.08. The first-order chi connectivity index (χ1) is 16.7. The van der Waals surface area contributed by atoms with Gasteiger partial charge >= 0.3 is 0 Å². The average molecular weight is 537 g/mol. The van der Waals surface area contributed by atoms with E-state index in [1.54, 1.807) is 18.3 Å². The minimum Gasteiger partial charge on any atom is -0.369 e. The second-order valence-corrected chi connectivity index (χ2v) is 11.1. The van der Waals surface area contributed by atoms with E-state index in [1.807, 2.05) is 6.92 Å². The molecule has 0 aliphatic heterocycles. The first-order valence-corrected chi connectivity index (χ1v) is 13.1. The smallest absolute Gasteiger partial charge is 0.224 e. The maximum atomic E-state index is 12.0. The molecule has 35 heavy (non-hydrogen) atoms. The van der Waals surface area contributed by atoms with Crippen LogP contribution in [0.3, 0.4) is 0 Å². The number of fused-ring (bicyclic) bond motifs is 1. The lowest BCUT2D eigenvalue weighted by Crippen LogP contribution is -2.38. The third-order valence-corrected chi connectivity index (χ3v) is 8.20. The molecule has 1 amide bonds. The number of primary amides is 1. The van der Waals surface area contributed by atoms with Gasteiger partial charge in [0.2, 0.25) is 17.8 Å². The summed E-state index contributed by atoms with van der Waals surface area (Å²) in [4.78, 5) is 26.2. The van der Waals surface area contributed by atoms with Crippen LogP contribution in [0.5, 0.6) is 0 Å². The van der Waals surface area contributed by atoms with E-state index in [0.717, 1.165) is 31.3 Å². The van der Waals surface area contributed by atoms with E-state index in [1.165, 1.54) is 12.8 Å². The lowest BCUT2D eigenvalue weighted by atomic mass is 9.73. The molecule has 0 saturated heterocycles. The molecule has 0 spiro atoms. The van der Waals surface area contributed by atoms with E-state index in [0.29, 0.717) is 57.1 Å². The van der Waals surface area contributed by atoms with Crippen LogP contribution in [0.2, 0.25) is 15.1 Å². The second-order valence-electron chi connectivity index (χ2n) is 9.86. The molecule has 5 rings (SSSR count). The Morgan fingerprint density at radius 2 is 1.74 bits per heavy atom. The third kappa shape index (κ3) is 4.88. The Kier molecular flexibility index (Phi) is 6.72. The highest BCUT2D eigenvalue weighted by Crippen LogP contribution is 2.44. The van der Waals surface area contributed by atoms with Crippen molar-refractivity contribution in [3.63, 3.8) is 0 Å². The van der Waals surface area contributed by atoms with E-state index in [-0.39, 0.29) is 11.9 Å². The molecule has 2 aliphatic rings. The zero-order valence-electron chi connectivity index (χ0n) is 19.5. The van der Waals surface area contributed by atoms with E-state index in [9.17, 15) is 4.79 Å². The summed E-state index contributed by atoms with van der Waals surface area (Å²) in [5.41, 5.74) is 7.08. The van der Waals surface area contributed by atoms with Crippen LogP contribution < -0.4 is 16.4 Å². The lowest BCUT2D eigenvalue weighted by Gasteiger charge is -2.35. The number of nitrogens with one attached hydrogen (secondary N) is 2. The molecule has 2 fully saturated rings. The number of hydrogen-bond acceptors (Lipinski definition) is 6. The van der Waals surface area contributed by atoms with E-state index < -0.39 is 5.41 Å². The predicted octanol–water partition coefficient (Wildman–Crippen LogP) is 6.49. The number of aromatic nitrogens is 4. The molecule has 2 aromatic heterocycles. The van der Waals surface area contributed by atoms with Crippen LogP contribution in [0.15, 0.2) is 18.3 Å². The van der Waals surface area contributed by atoms with Crippen molar-refractivity contribution in [1.29, 1.82) is 0 Å². The van der Waals surface area contributed by atoms with Crippen LogP contribution in [0.1, 0.15) is 64.3 Å². The number of benzene rings is 1. The van der Waals surface area contributed by atoms with Crippen LogP contribution in [0.4, 0.5) is 17.6 Å². The molecule has 2 heterocycles. The maximum absolute atomic E-state index is 12.0. The summed E-state index contributed by atoms with van der Waals surface area (Å²) in [5, 5.41) is 8.01. The third-order valence-electron chi connectivity index (χ3n) is 7.38. The number of anilines is 3. The minimum atomic E-state index is -0.507. The zero-order chi connectivity index (χ0) is 24.7. The van der Waals surface area contributed by atoms with Crippen LogP contribution in [-0.2, 0) is 4.79 Å². The molecule has 11 heteroatoms. The van der Waals surface area contributed by atoms with Crippen molar-refractivity contribution >= 4 is 69.5 Å². The molecule has 8 nitrogen and oxygen atoms in total. The van der Waals surface area contributed by atoms with Crippen molar-refractivity contribution in [3.05, 3.63) is 33.4 Å². The van der Waals surface area contributed by atoms with Gasteiger partial charge in [-0.1, -0.05) is 54.6 Å². The van der Waals surface area contributed by atoms with Crippen molar-refractivity contribution < 1.29 is 4.79 Å². The van der Waals surface area contributed by atoms with Crippen LogP contribution in [0, 0.1) is 5.41 Å². The van der Waals surface area contributed by atoms with Gasteiger partial charge in [0, 0.05) is 22.5 Å². The highest BCUT2D eigenvalue weighted by Gasteiger charge is 2.37. The van der Waals surface area contributed by atoms with Crippen molar-refractivity contribution in [2.45, 2.75) is 70.4 Å². The molecule has 0 bridgehead atoms. The molecule has 186 valence electrons. The normalized spacial score (nSPS) is 23.0. The lowest BCUT2D eigenvalue weighted by molar-refractivity contribution is -0.128. The SMILES string of the molecule is C[C@]1(C(N)=O)CC[C@@H](n2c(Nc3c(Cl)cc(Cl)cc3Cl)nc3cnc(NC4CCCC4)nc32)CC1. The van der Waals surface area contributed by atoms with Gasteiger partial charge in [0.05, 0.1) is 21.9 Å². The Bertz CT molecular complexity index is 1240. The predicted molar refractivity (Wildman–Crippen MR) is 141 cm³/mol. The number of amides is 1. The highest BCUT2D eigenvalue weighted by molar-refractivity contribution is 6.41. The fourth-order valence-electron chi connectivity index (χ4n) is 5.16. The molecule has 2 aliphatic carbocycles. The molecule has 2 saturated carbocycles. The molecule has 4 N–H and O–H groups in total. The molecule has 1 aromatic carbocycles. The van der Waals surface area contributed by atoms with Crippen molar-refractivity contribution in [3.8, 4) is 0 Å². The van der Waals surface area contributed by atoms with Gasteiger partial charge in [-0.3, -0.25) is 9.36 Å². The summed E-state index contributed by atoms with van der Waals surface area (Å²) >= 11 is 19.0. The number of rotatable bonds is 6. The largest absolute Gasteiger partial charge is 0.369 e. The van der Waals surface area contributed by atoms with Gasteiger partial charge in [0.25, 0.3) is 0 Å². The number of imidazole rings is 1. The van der Waals surface area contributed by atoms with Gasteiger partial charge in [-0.25, -0.2) is 9.97 Å². The van der Waals surface area contributed by atoms with Gasteiger partial charge in [-0.05, 0) is 50.7 Å². The van der Waals surface area contributed by atoms with Gasteiger partial charge in [0.15, 0.2) is 5.65 Å². The number of carbonyl (C=O) groups excluding carboxylic acids is 1. The number of hydrogen-bond donors (Lipinski definition) is 3. The van der Waals surface area contributed by atoms with Crippen LogP contribution in [-0.4, -0.2) is 31.5 Å². The molecule has 0 atom stereocenters. The molecular formula is C24H28Cl3N7O. The molecule has 0 radical (unpaired) electrons. The summed E-state index contributed by atoms with van der Waals surface area (Å²) in [5.74, 6) is 0.901. The number of nitrogens with two attached hydrogens (primary N) is 1. The van der Waals surface area contributed by atoms with Crippen molar-refractivity contribution in [2.75, 3.05) is 10.6 Å². The standard InChI is InChI=1S/C24H28Cl3N7O/c1-24(21(28)35)8-6-15(7-9-24)34-20-18(12-29-22(33-20)30-14-4-2-3-5-14)31-23(34)32-19-16(26)10-13(25)11-17(19)27/h10-12,14-15H,2-9H2,1H3,(H2,28,35)(H,31,32)(H,29,30,33)/t15-,24+. The minimum absolute atomic E-state index is 0.0639. The summed E-state index contributed by atoms with van der Waals surface area (Å²) in [6.07, 6.45) is 9.31. The van der Waals surface area contributed by atoms with Crippen molar-refractivity contribution in [2.24, 2.45) is 11.1 Å². The van der Waals surface area contributed by atoms with Gasteiger partial charge in [-0.15, -0.1) is 0 Å². The summed E-state index contributed by atoms with van der Waals surface area (Å²) in [6, 6.07) is 3.72. The highest BCUT2D eigenvalue weighted by atomic mass is 35.5. The fourth-order valence-corrected chi connectivity index (χ4v) is 6.08. The van der Waals surface area contributed by atoms with Gasteiger partial charge < -0.3 is 16.4 Å². The van der Waals surface area contributed by atoms with Crippen LogP contribution >= 0.6 is 34.8 Å². The first-order valence-electron chi connectivity index (χ1n) is 12.0. The van der Waals surface area contributed by atoms with Gasteiger partial charge in [0.1, 0.15) is 5.52 Å². The molecule has 0 unspecified atom stereocenters. The first kappa shape index (κ1) is 24.4. The molecular weight excluding hydrogens is 509 g/mol. The zero-order valence-corrected chi connectivity index (χ0v) is 21.7. The summed E-state index contributed by atoms with van der Waals surface area (Å²) in [6.45, 7) is 1.94. The van der Waals surface area contributed by atoms with Crippen molar-refractivity contribution in [1.82, 2.24) is 19.5 Å². The maximum Gasteiger partial charge on any atom is 0.224 e. The topological polar surface area (TPSA) is 111 Å². The van der Waals surface area contributed by atoms with Crippen LogP contribution in [0.25, 0.3) is 11.2 Å². The Balaban J connectivity index is 1.54. The number of halogens is 3. The second kappa shape index (κ2) is 9.64. The monoisotopic (exact) mass is 535 g/mol. The Morgan fingerprint density at radius 3 is 2.37 bits per heavy atom. The van der Waals surface area contributed by atoms with Gasteiger partial charge in [-0.2, -0.15) is 4.98 Å². The quantitative estimate of drug-likeness (QED) is 0.332. The van der Waals surface area contributed by atoms with E-state index in [2.05, 4.69) is 20.2 Å².